The van der Waals surface area contributed by atoms with Crippen LogP contribution in [0, 0.1) is 12.8 Å². The molecular formula is C16H23N3. The molecule has 0 saturated heterocycles. The average molecular weight is 257 g/mol. The number of aromatic nitrogens is 2. The third-order valence-electron chi connectivity index (χ3n) is 3.31. The van der Waals surface area contributed by atoms with Crippen molar-refractivity contribution in [3.8, 4) is 0 Å². The molecule has 19 heavy (non-hydrogen) atoms. The Balaban J connectivity index is 2.28. The van der Waals surface area contributed by atoms with Gasteiger partial charge in [0.05, 0.1) is 17.4 Å². The molecule has 0 aliphatic heterocycles. The molecule has 0 amide bonds. The van der Waals surface area contributed by atoms with E-state index in [1.54, 1.807) is 0 Å². The minimum Gasteiger partial charge on any atom is -0.319 e. The van der Waals surface area contributed by atoms with E-state index in [9.17, 15) is 0 Å². The largest absolute Gasteiger partial charge is 0.319 e. The Morgan fingerprint density at radius 1 is 1.26 bits per heavy atom. The van der Waals surface area contributed by atoms with E-state index in [1.807, 2.05) is 18.7 Å². The summed E-state index contributed by atoms with van der Waals surface area (Å²) in [5.74, 6) is 0.658. The molecule has 1 aromatic heterocycles. The first-order valence-electron chi connectivity index (χ1n) is 6.82. The van der Waals surface area contributed by atoms with Crippen LogP contribution in [0.4, 0.5) is 0 Å². The van der Waals surface area contributed by atoms with Gasteiger partial charge < -0.3 is 5.73 Å². The second-order valence-electron chi connectivity index (χ2n) is 5.65. The summed E-state index contributed by atoms with van der Waals surface area (Å²) in [5, 5.41) is 4.37. The first kappa shape index (κ1) is 13.8. The van der Waals surface area contributed by atoms with Crippen molar-refractivity contribution in [3.05, 3.63) is 52.8 Å². The highest BCUT2D eigenvalue weighted by Crippen LogP contribution is 2.21. The van der Waals surface area contributed by atoms with Crippen molar-refractivity contribution in [3.63, 3.8) is 0 Å². The number of aryl methyl sites for hydroxylation is 2. The van der Waals surface area contributed by atoms with Gasteiger partial charge in [-0.15, -0.1) is 0 Å². The number of benzene rings is 1. The van der Waals surface area contributed by atoms with Crippen molar-refractivity contribution < 1.29 is 0 Å². The van der Waals surface area contributed by atoms with Crippen molar-refractivity contribution in [2.45, 2.75) is 33.2 Å². The van der Waals surface area contributed by atoms with Crippen LogP contribution in [0.5, 0.6) is 0 Å². The van der Waals surface area contributed by atoms with E-state index >= 15 is 0 Å². The Bertz CT molecular complexity index is 555. The summed E-state index contributed by atoms with van der Waals surface area (Å²) in [4.78, 5) is 0. The minimum atomic E-state index is -0.113. The molecule has 3 heteroatoms. The molecule has 2 aromatic rings. The molecule has 0 bridgehead atoms. The van der Waals surface area contributed by atoms with Gasteiger partial charge in [-0.1, -0.05) is 38.1 Å². The predicted molar refractivity (Wildman–Crippen MR) is 79.0 cm³/mol. The van der Waals surface area contributed by atoms with Crippen LogP contribution in [-0.4, -0.2) is 9.78 Å². The van der Waals surface area contributed by atoms with Gasteiger partial charge in [-0.3, -0.25) is 4.68 Å². The van der Waals surface area contributed by atoms with E-state index in [4.69, 9.17) is 5.73 Å². The summed E-state index contributed by atoms with van der Waals surface area (Å²) in [6.45, 7) is 6.46. The Morgan fingerprint density at radius 2 is 2.00 bits per heavy atom. The number of rotatable bonds is 4. The minimum absolute atomic E-state index is 0.113. The van der Waals surface area contributed by atoms with Gasteiger partial charge in [-0.25, -0.2) is 0 Å². The molecule has 2 rings (SSSR count). The van der Waals surface area contributed by atoms with Gasteiger partial charge in [0.2, 0.25) is 0 Å². The molecule has 0 spiro atoms. The lowest BCUT2D eigenvalue weighted by Gasteiger charge is -2.14. The second kappa shape index (κ2) is 5.57. The van der Waals surface area contributed by atoms with Gasteiger partial charge in [0.25, 0.3) is 0 Å². The number of hydrogen-bond donors (Lipinski definition) is 1. The summed E-state index contributed by atoms with van der Waals surface area (Å²) in [6, 6.07) is 10.5. The van der Waals surface area contributed by atoms with Crippen LogP contribution in [0.1, 0.15) is 42.4 Å². The standard InChI is InChI=1S/C16H23N3/c1-11(2)8-13-6-5-7-14(10-13)16(17)15-9-12(3)18-19(15)4/h5-7,9-11,16H,8,17H2,1-4H3. The second-order valence-corrected chi connectivity index (χ2v) is 5.65. The van der Waals surface area contributed by atoms with Crippen molar-refractivity contribution >= 4 is 0 Å². The molecule has 1 aromatic carbocycles. The zero-order chi connectivity index (χ0) is 14.0. The number of nitrogens with two attached hydrogens (primary N) is 1. The van der Waals surface area contributed by atoms with E-state index in [1.165, 1.54) is 5.56 Å². The van der Waals surface area contributed by atoms with Crippen molar-refractivity contribution in [2.75, 3.05) is 0 Å². The summed E-state index contributed by atoms with van der Waals surface area (Å²) in [7, 11) is 1.94. The van der Waals surface area contributed by atoms with Gasteiger partial charge in [0, 0.05) is 7.05 Å². The summed E-state index contributed by atoms with van der Waals surface area (Å²) >= 11 is 0. The molecule has 0 saturated carbocycles. The topological polar surface area (TPSA) is 43.8 Å². The van der Waals surface area contributed by atoms with Gasteiger partial charge in [0.1, 0.15) is 0 Å². The molecule has 1 unspecified atom stereocenters. The summed E-state index contributed by atoms with van der Waals surface area (Å²) in [6.07, 6.45) is 1.09. The molecule has 0 fully saturated rings. The zero-order valence-electron chi connectivity index (χ0n) is 12.2. The first-order chi connectivity index (χ1) is 8.97. The lowest BCUT2D eigenvalue weighted by molar-refractivity contribution is 0.643. The fraction of sp³-hybridized carbons (Fsp3) is 0.438. The quantitative estimate of drug-likeness (QED) is 0.915. The Labute approximate surface area is 115 Å². The van der Waals surface area contributed by atoms with E-state index < -0.39 is 0 Å². The highest BCUT2D eigenvalue weighted by Gasteiger charge is 2.14. The monoisotopic (exact) mass is 257 g/mol. The third kappa shape index (κ3) is 3.24. The Kier molecular flexibility index (Phi) is 4.05. The summed E-state index contributed by atoms with van der Waals surface area (Å²) in [5.41, 5.74) is 10.9. The van der Waals surface area contributed by atoms with Crippen molar-refractivity contribution in [1.82, 2.24) is 9.78 Å². The van der Waals surface area contributed by atoms with E-state index in [2.05, 4.69) is 49.3 Å². The molecule has 0 radical (unpaired) electrons. The number of hydrogen-bond acceptors (Lipinski definition) is 2. The van der Waals surface area contributed by atoms with E-state index in [-0.39, 0.29) is 6.04 Å². The Hall–Kier alpha value is -1.61. The maximum absolute atomic E-state index is 6.37. The molecule has 1 heterocycles. The first-order valence-corrected chi connectivity index (χ1v) is 6.82. The van der Waals surface area contributed by atoms with Crippen LogP contribution >= 0.6 is 0 Å². The van der Waals surface area contributed by atoms with Crippen LogP contribution in [0.3, 0.4) is 0 Å². The predicted octanol–water partition coefficient (Wildman–Crippen LogP) is 2.98. The SMILES string of the molecule is Cc1cc(C(N)c2cccc(CC(C)C)c2)n(C)n1. The summed E-state index contributed by atoms with van der Waals surface area (Å²) < 4.78 is 1.87. The van der Waals surface area contributed by atoms with Crippen molar-refractivity contribution in [1.29, 1.82) is 0 Å². The van der Waals surface area contributed by atoms with Gasteiger partial charge in [-0.05, 0) is 36.5 Å². The maximum atomic E-state index is 6.37. The van der Waals surface area contributed by atoms with E-state index in [0.29, 0.717) is 5.92 Å². The van der Waals surface area contributed by atoms with Crippen molar-refractivity contribution in [2.24, 2.45) is 18.7 Å². The van der Waals surface area contributed by atoms with Crippen LogP contribution in [0.15, 0.2) is 30.3 Å². The molecule has 1 atom stereocenters. The van der Waals surface area contributed by atoms with Crippen LogP contribution in [-0.2, 0) is 13.5 Å². The smallest absolute Gasteiger partial charge is 0.0723 e. The highest BCUT2D eigenvalue weighted by atomic mass is 15.3. The van der Waals surface area contributed by atoms with Gasteiger partial charge in [0.15, 0.2) is 0 Å². The van der Waals surface area contributed by atoms with Crippen LogP contribution in [0.25, 0.3) is 0 Å². The zero-order valence-corrected chi connectivity index (χ0v) is 12.2. The normalized spacial score (nSPS) is 12.9. The molecule has 0 aliphatic rings. The fourth-order valence-electron chi connectivity index (χ4n) is 2.48. The molecule has 3 nitrogen and oxygen atoms in total. The van der Waals surface area contributed by atoms with Crippen LogP contribution in [0.2, 0.25) is 0 Å². The lowest BCUT2D eigenvalue weighted by atomic mass is 9.97. The molecular weight excluding hydrogens is 234 g/mol. The maximum Gasteiger partial charge on any atom is 0.0723 e. The van der Waals surface area contributed by atoms with E-state index in [0.717, 1.165) is 23.4 Å². The third-order valence-corrected chi connectivity index (χ3v) is 3.31. The molecule has 0 aliphatic carbocycles. The fourth-order valence-corrected chi connectivity index (χ4v) is 2.48. The van der Waals surface area contributed by atoms with Gasteiger partial charge in [-0.2, -0.15) is 5.10 Å². The lowest BCUT2D eigenvalue weighted by Crippen LogP contribution is -2.16. The molecule has 2 N–H and O–H groups in total. The van der Waals surface area contributed by atoms with Crippen LogP contribution < -0.4 is 5.73 Å². The average Bonchev–Trinajstić information content (AvgIpc) is 2.67. The number of nitrogens with zero attached hydrogens (tertiary/aromatic N) is 2. The Morgan fingerprint density at radius 3 is 2.58 bits per heavy atom. The molecule has 102 valence electrons. The highest BCUT2D eigenvalue weighted by molar-refractivity contribution is 5.32. The van der Waals surface area contributed by atoms with Gasteiger partial charge >= 0.3 is 0 Å².